The van der Waals surface area contributed by atoms with E-state index in [0.29, 0.717) is 12.5 Å². The lowest BCUT2D eigenvalue weighted by molar-refractivity contribution is 0.215. The van der Waals surface area contributed by atoms with E-state index >= 15 is 0 Å². The van der Waals surface area contributed by atoms with Gasteiger partial charge in [-0.25, -0.2) is 0 Å². The zero-order valence-electron chi connectivity index (χ0n) is 11.8. The molecule has 0 bridgehead atoms. The van der Waals surface area contributed by atoms with Crippen molar-refractivity contribution in [1.82, 2.24) is 0 Å². The quantitative estimate of drug-likeness (QED) is 0.783. The van der Waals surface area contributed by atoms with Gasteiger partial charge in [-0.1, -0.05) is 32.0 Å². The number of thiophene rings is 1. The third kappa shape index (κ3) is 3.62. The molecule has 2 rings (SSSR count). The normalized spacial score (nSPS) is 14.0. The first kappa shape index (κ1) is 15.5. The topological polar surface area (TPSA) is 35.2 Å². The molecule has 2 unspecified atom stereocenters. The number of benzene rings is 1. The molecule has 0 aliphatic heterocycles. The molecule has 2 N–H and O–H groups in total. The van der Waals surface area contributed by atoms with E-state index in [1.165, 1.54) is 5.56 Å². The second-order valence-corrected chi connectivity index (χ2v) is 6.72. The smallest absolute Gasteiger partial charge is 0.145 e. The highest BCUT2D eigenvalue weighted by atomic mass is 79.9. The predicted octanol–water partition coefficient (Wildman–Crippen LogP) is 5.10. The van der Waals surface area contributed by atoms with Gasteiger partial charge < -0.3 is 10.5 Å². The number of nitrogens with two attached hydrogens (primary N) is 1. The van der Waals surface area contributed by atoms with E-state index in [9.17, 15) is 0 Å². The molecule has 0 spiro atoms. The Morgan fingerprint density at radius 1 is 1.35 bits per heavy atom. The summed E-state index contributed by atoms with van der Waals surface area (Å²) in [5.74, 6) is 1.43. The molecule has 0 amide bonds. The first-order chi connectivity index (χ1) is 9.65. The Bertz CT molecular complexity index is 555. The van der Waals surface area contributed by atoms with Gasteiger partial charge in [0.15, 0.2) is 0 Å². The van der Waals surface area contributed by atoms with E-state index in [1.807, 2.05) is 12.1 Å². The van der Waals surface area contributed by atoms with Gasteiger partial charge in [-0.3, -0.25) is 0 Å². The van der Waals surface area contributed by atoms with Crippen LogP contribution in [0.2, 0.25) is 0 Å². The van der Waals surface area contributed by atoms with Crippen LogP contribution in [-0.2, 0) is 0 Å². The van der Waals surface area contributed by atoms with Crippen LogP contribution in [0.1, 0.15) is 42.7 Å². The van der Waals surface area contributed by atoms with Crippen molar-refractivity contribution >= 4 is 27.3 Å². The van der Waals surface area contributed by atoms with Crippen molar-refractivity contribution in [2.45, 2.75) is 32.3 Å². The lowest BCUT2D eigenvalue weighted by Gasteiger charge is -2.20. The van der Waals surface area contributed by atoms with Gasteiger partial charge >= 0.3 is 0 Å². The molecule has 1 aromatic heterocycles. The van der Waals surface area contributed by atoms with Gasteiger partial charge in [0.25, 0.3) is 0 Å². The highest BCUT2D eigenvalue weighted by molar-refractivity contribution is 9.10. The molecule has 0 saturated heterocycles. The molecule has 2 aromatic rings. The summed E-state index contributed by atoms with van der Waals surface area (Å²) < 4.78 is 7.26. The lowest BCUT2D eigenvalue weighted by Crippen LogP contribution is -2.18. The van der Waals surface area contributed by atoms with Crippen LogP contribution in [0.5, 0.6) is 5.75 Å². The van der Waals surface area contributed by atoms with Crippen LogP contribution in [0.4, 0.5) is 0 Å². The SMILES string of the molecule is CCC(C)c1ccccc1OC(CN)c1cc(Br)cs1. The van der Waals surface area contributed by atoms with Crippen LogP contribution < -0.4 is 10.5 Å². The monoisotopic (exact) mass is 353 g/mol. The fourth-order valence-electron chi connectivity index (χ4n) is 2.09. The Kier molecular flexibility index (Phi) is 5.64. The Balaban J connectivity index is 2.24. The maximum Gasteiger partial charge on any atom is 0.145 e. The maximum atomic E-state index is 6.18. The average Bonchev–Trinajstić information content (AvgIpc) is 2.90. The Morgan fingerprint density at radius 2 is 2.10 bits per heavy atom. The van der Waals surface area contributed by atoms with E-state index in [1.54, 1.807) is 11.3 Å². The van der Waals surface area contributed by atoms with Crippen LogP contribution in [0.3, 0.4) is 0 Å². The Labute approximate surface area is 133 Å². The van der Waals surface area contributed by atoms with Gasteiger partial charge in [0, 0.05) is 21.3 Å². The van der Waals surface area contributed by atoms with Crippen molar-refractivity contribution in [2.75, 3.05) is 6.54 Å². The molecule has 0 aliphatic rings. The molecule has 0 fully saturated rings. The summed E-state index contributed by atoms with van der Waals surface area (Å²) >= 11 is 5.15. The van der Waals surface area contributed by atoms with E-state index in [4.69, 9.17) is 10.5 Å². The summed E-state index contributed by atoms with van der Waals surface area (Å²) in [7, 11) is 0. The van der Waals surface area contributed by atoms with Crippen LogP contribution in [-0.4, -0.2) is 6.54 Å². The lowest BCUT2D eigenvalue weighted by atomic mass is 9.98. The summed E-state index contributed by atoms with van der Waals surface area (Å²) in [5, 5.41) is 2.06. The fourth-order valence-corrected chi connectivity index (χ4v) is 3.57. The second kappa shape index (κ2) is 7.25. The standard InChI is InChI=1S/C16H20BrNOS/c1-3-11(2)13-6-4-5-7-14(13)19-15(9-18)16-8-12(17)10-20-16/h4-8,10-11,15H,3,9,18H2,1-2H3. The average molecular weight is 354 g/mol. The van der Waals surface area contributed by atoms with Crippen molar-refractivity contribution in [1.29, 1.82) is 0 Å². The summed E-state index contributed by atoms with van der Waals surface area (Å²) in [6.45, 7) is 4.89. The molecule has 0 saturated carbocycles. The predicted molar refractivity (Wildman–Crippen MR) is 89.6 cm³/mol. The van der Waals surface area contributed by atoms with Crippen LogP contribution in [0, 0.1) is 0 Å². The van der Waals surface area contributed by atoms with Gasteiger partial charge in [0.1, 0.15) is 11.9 Å². The van der Waals surface area contributed by atoms with Gasteiger partial charge in [0.05, 0.1) is 0 Å². The molecule has 4 heteroatoms. The first-order valence-corrected chi connectivity index (χ1v) is 8.52. The van der Waals surface area contributed by atoms with E-state index in [-0.39, 0.29) is 6.10 Å². The molecule has 2 atom stereocenters. The third-order valence-corrected chi connectivity index (χ3v) is 5.24. The summed E-state index contributed by atoms with van der Waals surface area (Å²) in [4.78, 5) is 1.15. The highest BCUT2D eigenvalue weighted by Gasteiger charge is 2.17. The number of halogens is 1. The van der Waals surface area contributed by atoms with Crippen molar-refractivity contribution in [3.63, 3.8) is 0 Å². The van der Waals surface area contributed by atoms with Crippen LogP contribution >= 0.6 is 27.3 Å². The van der Waals surface area contributed by atoms with Gasteiger partial charge in [-0.15, -0.1) is 11.3 Å². The van der Waals surface area contributed by atoms with Crippen LogP contribution in [0.15, 0.2) is 40.2 Å². The zero-order chi connectivity index (χ0) is 14.5. The van der Waals surface area contributed by atoms with Gasteiger partial charge in [0.2, 0.25) is 0 Å². The number of rotatable bonds is 6. The maximum absolute atomic E-state index is 6.18. The summed E-state index contributed by atoms with van der Waals surface area (Å²) in [5.41, 5.74) is 7.14. The molecule has 2 nitrogen and oxygen atoms in total. The Morgan fingerprint density at radius 3 is 2.70 bits per heavy atom. The number of para-hydroxylation sites is 1. The minimum atomic E-state index is -0.0866. The molecule has 1 aromatic carbocycles. The highest BCUT2D eigenvalue weighted by Crippen LogP contribution is 2.33. The van der Waals surface area contributed by atoms with Crippen molar-refractivity contribution in [3.8, 4) is 5.75 Å². The summed E-state index contributed by atoms with van der Waals surface area (Å²) in [6.07, 6.45) is 1.01. The van der Waals surface area contributed by atoms with Gasteiger partial charge in [-0.2, -0.15) is 0 Å². The van der Waals surface area contributed by atoms with E-state index < -0.39 is 0 Å². The minimum absolute atomic E-state index is 0.0866. The van der Waals surface area contributed by atoms with Crippen molar-refractivity contribution < 1.29 is 4.74 Å². The molecular weight excluding hydrogens is 334 g/mol. The van der Waals surface area contributed by atoms with E-state index in [0.717, 1.165) is 21.5 Å². The first-order valence-electron chi connectivity index (χ1n) is 6.85. The molecular formula is C16H20BrNOS. The number of hydrogen-bond donors (Lipinski definition) is 1. The van der Waals surface area contributed by atoms with Crippen molar-refractivity contribution in [2.24, 2.45) is 5.73 Å². The zero-order valence-corrected chi connectivity index (χ0v) is 14.2. The molecule has 20 heavy (non-hydrogen) atoms. The molecule has 0 radical (unpaired) electrons. The molecule has 108 valence electrons. The van der Waals surface area contributed by atoms with E-state index in [2.05, 4.69) is 53.4 Å². The second-order valence-electron chi connectivity index (χ2n) is 4.86. The Hall–Kier alpha value is -0.840. The fraction of sp³-hybridized carbons (Fsp3) is 0.375. The van der Waals surface area contributed by atoms with Crippen LogP contribution in [0.25, 0.3) is 0 Å². The minimum Gasteiger partial charge on any atom is -0.483 e. The van der Waals surface area contributed by atoms with Crippen molar-refractivity contribution in [3.05, 3.63) is 50.6 Å². The number of ether oxygens (including phenoxy) is 1. The molecule has 1 heterocycles. The van der Waals surface area contributed by atoms with Gasteiger partial charge in [-0.05, 0) is 46.0 Å². The number of hydrogen-bond acceptors (Lipinski definition) is 3. The summed E-state index contributed by atoms with van der Waals surface area (Å²) in [6, 6.07) is 10.3. The molecule has 0 aliphatic carbocycles. The largest absolute Gasteiger partial charge is 0.483 e. The third-order valence-electron chi connectivity index (χ3n) is 3.45.